The maximum absolute atomic E-state index is 13.3. The number of thiazole rings is 1. The van der Waals surface area contributed by atoms with E-state index in [9.17, 15) is 9.59 Å². The van der Waals surface area contributed by atoms with Gasteiger partial charge in [-0.1, -0.05) is 47.7 Å². The van der Waals surface area contributed by atoms with Gasteiger partial charge in [0.15, 0.2) is 5.13 Å². The van der Waals surface area contributed by atoms with Gasteiger partial charge < -0.3 is 10.6 Å². The van der Waals surface area contributed by atoms with Crippen molar-refractivity contribution in [2.45, 2.75) is 20.3 Å². The molecule has 3 amide bonds. The lowest BCUT2D eigenvalue weighted by Gasteiger charge is -2.21. The number of fused-ring (bicyclic) bond motifs is 1. The molecule has 1 aromatic heterocycles. The number of amides is 3. The standard InChI is InChI=1S/C25H24N4O2S/c1-17-12-13-20(16-18(17)2)29(25-28-21-10-6-7-11-22(21)32-25)23(30)14-15-26-24(31)27-19-8-4-3-5-9-19/h3-13,16H,14-15H2,1-2H3,(H2,26,27,31). The van der Waals surface area contributed by atoms with E-state index in [1.54, 1.807) is 17.0 Å². The summed E-state index contributed by atoms with van der Waals surface area (Å²) in [6.07, 6.45) is 0.144. The van der Waals surface area contributed by atoms with Crippen molar-refractivity contribution in [1.82, 2.24) is 10.3 Å². The normalized spacial score (nSPS) is 10.7. The van der Waals surface area contributed by atoms with Gasteiger partial charge in [0, 0.05) is 18.7 Å². The monoisotopic (exact) mass is 444 g/mol. The van der Waals surface area contributed by atoms with Crippen LogP contribution in [0.3, 0.4) is 0 Å². The van der Waals surface area contributed by atoms with Gasteiger partial charge >= 0.3 is 6.03 Å². The number of aryl methyl sites for hydroxylation is 2. The van der Waals surface area contributed by atoms with Crippen molar-refractivity contribution in [2.75, 3.05) is 16.8 Å². The zero-order chi connectivity index (χ0) is 22.5. The van der Waals surface area contributed by atoms with Gasteiger partial charge in [0.25, 0.3) is 0 Å². The number of hydrogen-bond acceptors (Lipinski definition) is 4. The number of rotatable bonds is 6. The van der Waals surface area contributed by atoms with E-state index in [2.05, 4.69) is 15.6 Å². The molecule has 0 aliphatic carbocycles. The van der Waals surface area contributed by atoms with Gasteiger partial charge in [-0.3, -0.25) is 9.69 Å². The van der Waals surface area contributed by atoms with Crippen LogP contribution in [-0.2, 0) is 4.79 Å². The van der Waals surface area contributed by atoms with Crippen LogP contribution in [0.25, 0.3) is 10.2 Å². The van der Waals surface area contributed by atoms with E-state index < -0.39 is 0 Å². The molecule has 6 nitrogen and oxygen atoms in total. The van der Waals surface area contributed by atoms with Gasteiger partial charge in [0.05, 0.1) is 15.9 Å². The summed E-state index contributed by atoms with van der Waals surface area (Å²) in [6.45, 7) is 4.28. The Kier molecular flexibility index (Phi) is 6.47. The maximum atomic E-state index is 13.3. The van der Waals surface area contributed by atoms with Crippen LogP contribution in [0.15, 0.2) is 72.8 Å². The van der Waals surface area contributed by atoms with Crippen molar-refractivity contribution >= 4 is 50.0 Å². The van der Waals surface area contributed by atoms with E-state index in [1.807, 2.05) is 74.5 Å². The molecule has 4 rings (SSSR count). The van der Waals surface area contributed by atoms with Crippen LogP contribution in [0.1, 0.15) is 17.5 Å². The summed E-state index contributed by atoms with van der Waals surface area (Å²) >= 11 is 1.47. The molecular formula is C25H24N4O2S. The highest BCUT2D eigenvalue weighted by Crippen LogP contribution is 2.34. The summed E-state index contributed by atoms with van der Waals surface area (Å²) in [5.74, 6) is -0.132. The topological polar surface area (TPSA) is 74.3 Å². The third-order valence-electron chi connectivity index (χ3n) is 5.13. The molecule has 0 radical (unpaired) electrons. The Hall–Kier alpha value is -3.71. The third-order valence-corrected chi connectivity index (χ3v) is 6.15. The van der Waals surface area contributed by atoms with Gasteiger partial charge in [-0.15, -0.1) is 0 Å². The fourth-order valence-electron chi connectivity index (χ4n) is 3.27. The molecule has 0 saturated carbocycles. The van der Waals surface area contributed by atoms with Gasteiger partial charge in [-0.05, 0) is 61.4 Å². The van der Waals surface area contributed by atoms with E-state index in [4.69, 9.17) is 0 Å². The highest BCUT2D eigenvalue weighted by Gasteiger charge is 2.22. The number of aromatic nitrogens is 1. The first kappa shape index (κ1) is 21.5. The van der Waals surface area contributed by atoms with Crippen LogP contribution in [0, 0.1) is 13.8 Å². The van der Waals surface area contributed by atoms with Crippen molar-refractivity contribution in [3.8, 4) is 0 Å². The summed E-state index contributed by atoms with van der Waals surface area (Å²) < 4.78 is 1.02. The van der Waals surface area contributed by atoms with E-state index >= 15 is 0 Å². The molecule has 32 heavy (non-hydrogen) atoms. The van der Waals surface area contributed by atoms with E-state index in [-0.39, 0.29) is 24.9 Å². The minimum absolute atomic E-state index is 0.132. The lowest BCUT2D eigenvalue weighted by molar-refractivity contribution is -0.117. The first-order valence-corrected chi connectivity index (χ1v) is 11.2. The number of carbonyl (C=O) groups excluding carboxylic acids is 2. The Bertz CT molecular complexity index is 1220. The SMILES string of the molecule is Cc1ccc(N(C(=O)CCNC(=O)Nc2ccccc2)c2nc3ccccc3s2)cc1C. The second-order valence-electron chi connectivity index (χ2n) is 7.46. The molecule has 0 bridgehead atoms. The Labute approximate surface area is 190 Å². The van der Waals surface area contributed by atoms with Crippen LogP contribution in [-0.4, -0.2) is 23.5 Å². The number of nitrogens with zero attached hydrogens (tertiary/aromatic N) is 2. The number of anilines is 3. The zero-order valence-corrected chi connectivity index (χ0v) is 18.8. The lowest BCUT2D eigenvalue weighted by atomic mass is 10.1. The van der Waals surface area contributed by atoms with Crippen LogP contribution in [0.2, 0.25) is 0 Å². The van der Waals surface area contributed by atoms with Gasteiger partial charge in [0.2, 0.25) is 5.91 Å². The first-order chi connectivity index (χ1) is 15.5. The van der Waals surface area contributed by atoms with Gasteiger partial charge in [0.1, 0.15) is 0 Å². The number of nitrogens with one attached hydrogen (secondary N) is 2. The number of urea groups is 1. The van der Waals surface area contributed by atoms with Crippen molar-refractivity contribution in [3.63, 3.8) is 0 Å². The number of hydrogen-bond donors (Lipinski definition) is 2. The third kappa shape index (κ3) is 4.95. The first-order valence-electron chi connectivity index (χ1n) is 10.4. The molecule has 2 N–H and O–H groups in total. The molecule has 0 aliphatic rings. The van der Waals surface area contributed by atoms with Crippen molar-refractivity contribution in [1.29, 1.82) is 0 Å². The number of benzene rings is 3. The average Bonchev–Trinajstić information content (AvgIpc) is 3.20. The van der Waals surface area contributed by atoms with E-state index in [0.29, 0.717) is 10.8 Å². The minimum Gasteiger partial charge on any atom is -0.337 e. The predicted molar refractivity (Wildman–Crippen MR) is 131 cm³/mol. The molecule has 0 fully saturated rings. The molecule has 0 unspecified atom stereocenters. The molecule has 1 heterocycles. The van der Waals surface area contributed by atoms with Crippen molar-refractivity contribution in [2.24, 2.45) is 0 Å². The lowest BCUT2D eigenvalue weighted by Crippen LogP contribution is -2.34. The van der Waals surface area contributed by atoms with Gasteiger partial charge in [-0.2, -0.15) is 0 Å². The van der Waals surface area contributed by atoms with Crippen molar-refractivity contribution in [3.05, 3.63) is 83.9 Å². The molecule has 0 spiro atoms. The molecule has 0 aliphatic heterocycles. The Morgan fingerprint density at radius 1 is 0.938 bits per heavy atom. The quantitative estimate of drug-likeness (QED) is 0.395. The molecular weight excluding hydrogens is 420 g/mol. The van der Waals surface area contributed by atoms with Crippen LogP contribution in [0.5, 0.6) is 0 Å². The fourth-order valence-corrected chi connectivity index (χ4v) is 4.28. The Balaban J connectivity index is 1.51. The molecule has 162 valence electrons. The van der Waals surface area contributed by atoms with Crippen LogP contribution < -0.4 is 15.5 Å². The fraction of sp³-hybridized carbons (Fsp3) is 0.160. The summed E-state index contributed by atoms with van der Waals surface area (Å²) in [5.41, 5.74) is 4.58. The molecule has 4 aromatic rings. The summed E-state index contributed by atoms with van der Waals surface area (Å²) in [5, 5.41) is 6.13. The molecule has 0 atom stereocenters. The van der Waals surface area contributed by atoms with Crippen LogP contribution in [0.4, 0.5) is 21.3 Å². The Morgan fingerprint density at radius 3 is 2.44 bits per heavy atom. The summed E-state index contributed by atoms with van der Waals surface area (Å²) in [7, 11) is 0. The highest BCUT2D eigenvalue weighted by atomic mass is 32.1. The molecule has 3 aromatic carbocycles. The Morgan fingerprint density at radius 2 is 1.69 bits per heavy atom. The number of carbonyl (C=O) groups is 2. The zero-order valence-electron chi connectivity index (χ0n) is 18.0. The van der Waals surface area contributed by atoms with E-state index in [1.165, 1.54) is 11.3 Å². The molecule has 0 saturated heterocycles. The predicted octanol–water partition coefficient (Wildman–Crippen LogP) is 5.79. The second-order valence-corrected chi connectivity index (χ2v) is 8.47. The van der Waals surface area contributed by atoms with E-state index in [0.717, 1.165) is 27.0 Å². The minimum atomic E-state index is -0.346. The van der Waals surface area contributed by atoms with Crippen molar-refractivity contribution < 1.29 is 9.59 Å². The largest absolute Gasteiger partial charge is 0.337 e. The highest BCUT2D eigenvalue weighted by molar-refractivity contribution is 7.22. The summed E-state index contributed by atoms with van der Waals surface area (Å²) in [6, 6.07) is 22.6. The number of para-hydroxylation sites is 2. The smallest absolute Gasteiger partial charge is 0.319 e. The average molecular weight is 445 g/mol. The maximum Gasteiger partial charge on any atom is 0.319 e. The second kappa shape index (κ2) is 9.62. The molecule has 7 heteroatoms. The summed E-state index contributed by atoms with van der Waals surface area (Å²) in [4.78, 5) is 31.8. The van der Waals surface area contributed by atoms with Gasteiger partial charge in [-0.25, -0.2) is 9.78 Å². The van der Waals surface area contributed by atoms with Crippen LogP contribution >= 0.6 is 11.3 Å².